The maximum Gasteiger partial charge on any atom is 0.272 e. The molecule has 27 heavy (non-hydrogen) atoms. The minimum Gasteiger partial charge on any atom is -0.383 e. The third kappa shape index (κ3) is 2.49. The summed E-state index contributed by atoms with van der Waals surface area (Å²) in [6, 6.07) is 15.2. The second-order valence-electron chi connectivity index (χ2n) is 5.92. The standard InChI is InChI=1S/C18H13N9/c19-13-9-5-1-3-7-11(9)15(21-13)23-17-25-18(27-26-17)24-16-12-8-4-2-6-10(12)14(20)22-16/h1-8H,(H5,19,20,21,22,23,24,25,26,27). The van der Waals surface area contributed by atoms with E-state index in [2.05, 4.69) is 35.2 Å². The number of nitrogens with one attached hydrogen (secondary N) is 1. The lowest BCUT2D eigenvalue weighted by atomic mass is 10.1. The molecule has 0 spiro atoms. The lowest BCUT2D eigenvalue weighted by molar-refractivity contribution is 1.07. The molecule has 0 aliphatic carbocycles. The number of nitrogens with two attached hydrogens (primary N) is 2. The molecule has 0 unspecified atom stereocenters. The predicted octanol–water partition coefficient (Wildman–Crippen LogP) is 1.40. The van der Waals surface area contributed by atoms with E-state index >= 15 is 0 Å². The van der Waals surface area contributed by atoms with Crippen molar-refractivity contribution >= 4 is 35.2 Å². The third-order valence-electron chi connectivity index (χ3n) is 4.22. The number of benzene rings is 2. The Hall–Kier alpha value is -4.14. The summed E-state index contributed by atoms with van der Waals surface area (Å²) in [5.41, 5.74) is 15.3. The van der Waals surface area contributed by atoms with Gasteiger partial charge in [-0.2, -0.15) is 15.0 Å². The van der Waals surface area contributed by atoms with Crippen LogP contribution in [0.15, 0.2) is 68.5 Å². The molecular formula is C18H13N9. The van der Waals surface area contributed by atoms with E-state index < -0.39 is 0 Å². The first kappa shape index (κ1) is 15.1. The van der Waals surface area contributed by atoms with Gasteiger partial charge in [0.25, 0.3) is 5.95 Å². The van der Waals surface area contributed by atoms with Gasteiger partial charge in [-0.1, -0.05) is 48.5 Å². The Bertz CT molecular complexity index is 1100. The van der Waals surface area contributed by atoms with E-state index in [-0.39, 0.29) is 11.9 Å². The van der Waals surface area contributed by atoms with Crippen LogP contribution in [0, 0.1) is 0 Å². The van der Waals surface area contributed by atoms with Crippen molar-refractivity contribution < 1.29 is 0 Å². The van der Waals surface area contributed by atoms with Crippen LogP contribution in [0.2, 0.25) is 0 Å². The summed E-state index contributed by atoms with van der Waals surface area (Å²) in [6.45, 7) is 0. The Balaban J connectivity index is 1.49. The molecule has 3 aromatic rings. The molecular weight excluding hydrogens is 342 g/mol. The highest BCUT2D eigenvalue weighted by Gasteiger charge is 2.21. The summed E-state index contributed by atoms with van der Waals surface area (Å²) in [4.78, 5) is 21.6. The molecule has 5 N–H and O–H groups in total. The smallest absolute Gasteiger partial charge is 0.272 e. The fourth-order valence-electron chi connectivity index (χ4n) is 2.98. The van der Waals surface area contributed by atoms with Gasteiger partial charge < -0.3 is 11.5 Å². The summed E-state index contributed by atoms with van der Waals surface area (Å²) >= 11 is 0. The second kappa shape index (κ2) is 5.70. The zero-order valence-corrected chi connectivity index (χ0v) is 14.0. The first-order chi connectivity index (χ1) is 13.2. The molecule has 3 heterocycles. The molecule has 5 rings (SSSR count). The van der Waals surface area contributed by atoms with Crippen molar-refractivity contribution in [1.29, 1.82) is 0 Å². The molecule has 2 aliphatic rings. The fraction of sp³-hybridized carbons (Fsp3) is 0. The quantitative estimate of drug-likeness (QED) is 0.638. The lowest BCUT2D eigenvalue weighted by Crippen LogP contribution is -2.09. The number of hydrogen-bond acceptors (Lipinski definition) is 6. The molecule has 130 valence electrons. The minimum atomic E-state index is 0.209. The zero-order chi connectivity index (χ0) is 18.4. The largest absolute Gasteiger partial charge is 0.383 e. The van der Waals surface area contributed by atoms with E-state index in [1.165, 1.54) is 0 Å². The molecule has 0 saturated carbocycles. The summed E-state index contributed by atoms with van der Waals surface area (Å²) in [6.07, 6.45) is 0. The number of aromatic amines is 1. The number of fused-ring (bicyclic) bond motifs is 2. The second-order valence-corrected chi connectivity index (χ2v) is 5.92. The summed E-state index contributed by atoms with van der Waals surface area (Å²) in [5, 5.41) is 6.82. The third-order valence-corrected chi connectivity index (χ3v) is 4.22. The molecule has 0 saturated heterocycles. The van der Waals surface area contributed by atoms with E-state index in [1.807, 2.05) is 48.5 Å². The minimum absolute atomic E-state index is 0.209. The number of aliphatic imine (C=N–C) groups is 4. The number of aromatic nitrogens is 3. The Labute approximate surface area is 153 Å². The van der Waals surface area contributed by atoms with Crippen molar-refractivity contribution in [2.24, 2.45) is 31.4 Å². The van der Waals surface area contributed by atoms with Crippen LogP contribution in [-0.2, 0) is 0 Å². The van der Waals surface area contributed by atoms with Gasteiger partial charge in [-0.3, -0.25) is 0 Å². The van der Waals surface area contributed by atoms with Gasteiger partial charge in [0.05, 0.1) is 0 Å². The molecule has 0 bridgehead atoms. The van der Waals surface area contributed by atoms with E-state index in [0.717, 1.165) is 22.3 Å². The molecule has 0 fully saturated rings. The van der Waals surface area contributed by atoms with Crippen molar-refractivity contribution in [3.05, 3.63) is 70.8 Å². The number of rotatable bonds is 2. The normalized spacial score (nSPS) is 17.8. The first-order valence-corrected chi connectivity index (χ1v) is 8.17. The molecule has 0 atom stereocenters. The van der Waals surface area contributed by atoms with Crippen molar-refractivity contribution in [2.45, 2.75) is 0 Å². The van der Waals surface area contributed by atoms with Gasteiger partial charge >= 0.3 is 0 Å². The molecule has 0 amide bonds. The van der Waals surface area contributed by atoms with Gasteiger partial charge in [0.2, 0.25) is 5.95 Å². The molecule has 9 nitrogen and oxygen atoms in total. The molecule has 2 aliphatic heterocycles. The number of amidine groups is 4. The molecule has 2 aromatic carbocycles. The Morgan fingerprint density at radius 1 is 0.704 bits per heavy atom. The SMILES string of the molecule is NC1=N/C(=N\c2n[nH]c(/N=C3\N=C(N)c4ccccc43)n2)c2ccccc21. The highest BCUT2D eigenvalue weighted by atomic mass is 15.3. The predicted molar refractivity (Wildman–Crippen MR) is 103 cm³/mol. The summed E-state index contributed by atoms with van der Waals surface area (Å²) in [5.74, 6) is 2.29. The maximum atomic E-state index is 5.94. The van der Waals surface area contributed by atoms with Gasteiger partial charge in [-0.25, -0.2) is 15.1 Å². The molecule has 1 aromatic heterocycles. The van der Waals surface area contributed by atoms with Crippen LogP contribution in [0.1, 0.15) is 22.3 Å². The number of H-pyrrole nitrogens is 1. The van der Waals surface area contributed by atoms with Gasteiger partial charge in [0.15, 0.2) is 11.7 Å². The Morgan fingerprint density at radius 2 is 1.22 bits per heavy atom. The van der Waals surface area contributed by atoms with Gasteiger partial charge in [0, 0.05) is 22.3 Å². The van der Waals surface area contributed by atoms with Crippen LogP contribution in [-0.4, -0.2) is 38.5 Å². The van der Waals surface area contributed by atoms with E-state index in [0.29, 0.717) is 23.3 Å². The maximum absolute atomic E-state index is 5.94. The highest BCUT2D eigenvalue weighted by molar-refractivity contribution is 6.23. The van der Waals surface area contributed by atoms with E-state index in [1.54, 1.807) is 0 Å². The van der Waals surface area contributed by atoms with Crippen LogP contribution in [0.25, 0.3) is 0 Å². The highest BCUT2D eigenvalue weighted by Crippen LogP contribution is 2.22. The average Bonchev–Trinajstić information content (AvgIpc) is 3.35. The van der Waals surface area contributed by atoms with Crippen LogP contribution in [0.5, 0.6) is 0 Å². The van der Waals surface area contributed by atoms with Crippen molar-refractivity contribution in [1.82, 2.24) is 15.2 Å². The van der Waals surface area contributed by atoms with Gasteiger partial charge in [-0.15, -0.1) is 5.10 Å². The van der Waals surface area contributed by atoms with E-state index in [4.69, 9.17) is 11.5 Å². The average molecular weight is 355 g/mol. The summed E-state index contributed by atoms with van der Waals surface area (Å²) < 4.78 is 0. The van der Waals surface area contributed by atoms with Crippen LogP contribution in [0.4, 0.5) is 11.9 Å². The fourth-order valence-corrected chi connectivity index (χ4v) is 2.98. The van der Waals surface area contributed by atoms with Crippen molar-refractivity contribution in [3.8, 4) is 0 Å². The monoisotopic (exact) mass is 355 g/mol. The summed E-state index contributed by atoms with van der Waals surface area (Å²) in [7, 11) is 0. The topological polar surface area (TPSA) is 143 Å². The molecule has 9 heteroatoms. The Kier molecular flexibility index (Phi) is 3.20. The first-order valence-electron chi connectivity index (χ1n) is 8.17. The van der Waals surface area contributed by atoms with Crippen LogP contribution < -0.4 is 11.5 Å². The van der Waals surface area contributed by atoms with Crippen LogP contribution in [0.3, 0.4) is 0 Å². The Morgan fingerprint density at radius 3 is 1.81 bits per heavy atom. The van der Waals surface area contributed by atoms with Gasteiger partial charge in [-0.05, 0) is 0 Å². The number of nitrogens with zero attached hydrogens (tertiary/aromatic N) is 6. The lowest BCUT2D eigenvalue weighted by Gasteiger charge is -1.97. The van der Waals surface area contributed by atoms with Gasteiger partial charge in [0.1, 0.15) is 11.7 Å². The van der Waals surface area contributed by atoms with Crippen molar-refractivity contribution in [3.63, 3.8) is 0 Å². The zero-order valence-electron chi connectivity index (χ0n) is 14.0. The number of hydrogen-bond donors (Lipinski definition) is 3. The molecule has 0 radical (unpaired) electrons. The van der Waals surface area contributed by atoms with Crippen molar-refractivity contribution in [2.75, 3.05) is 0 Å². The van der Waals surface area contributed by atoms with E-state index in [9.17, 15) is 0 Å². The van der Waals surface area contributed by atoms with Crippen LogP contribution >= 0.6 is 0 Å².